The Labute approximate surface area is 198 Å². The molecule has 0 aliphatic rings. The van der Waals surface area contributed by atoms with E-state index in [1.165, 1.54) is 0 Å². The standard InChI is InChI=1S/C25H19N7OS/c1-16-12-17(3-5-22(16)33-19-6-9-32-10-7-26-23(32)14-19)30-24-20-13-18(31-25-27-8-11-34-25)2-4-21(20)28-15-29-24/h2-15H,1H3,(H,27,31)(H,28,29,30). The first-order valence-corrected chi connectivity index (χ1v) is 11.5. The highest BCUT2D eigenvalue weighted by Crippen LogP contribution is 2.31. The van der Waals surface area contributed by atoms with E-state index in [9.17, 15) is 0 Å². The van der Waals surface area contributed by atoms with Gasteiger partial charge in [0.05, 0.1) is 5.52 Å². The Hall–Kier alpha value is -4.50. The van der Waals surface area contributed by atoms with Crippen LogP contribution in [0.25, 0.3) is 16.6 Å². The van der Waals surface area contributed by atoms with Crippen molar-refractivity contribution in [2.45, 2.75) is 6.92 Å². The molecular formula is C25H19N7OS. The van der Waals surface area contributed by atoms with Crippen LogP contribution in [-0.2, 0) is 0 Å². The Morgan fingerprint density at radius 3 is 2.65 bits per heavy atom. The summed E-state index contributed by atoms with van der Waals surface area (Å²) in [6.45, 7) is 2.02. The predicted octanol–water partition coefficient (Wildman–Crippen LogP) is 6.32. The van der Waals surface area contributed by atoms with Gasteiger partial charge in [0, 0.05) is 53.0 Å². The minimum absolute atomic E-state index is 0.727. The van der Waals surface area contributed by atoms with E-state index in [0.717, 1.165) is 55.9 Å². The van der Waals surface area contributed by atoms with Crippen molar-refractivity contribution in [3.63, 3.8) is 0 Å². The van der Waals surface area contributed by atoms with Gasteiger partial charge in [-0.25, -0.2) is 19.9 Å². The first-order chi connectivity index (χ1) is 16.7. The van der Waals surface area contributed by atoms with Gasteiger partial charge in [0.25, 0.3) is 0 Å². The highest BCUT2D eigenvalue weighted by Gasteiger charge is 2.09. The molecule has 9 heteroatoms. The fourth-order valence-electron chi connectivity index (χ4n) is 3.70. The zero-order valence-corrected chi connectivity index (χ0v) is 19.0. The molecule has 34 heavy (non-hydrogen) atoms. The summed E-state index contributed by atoms with van der Waals surface area (Å²) in [6, 6.07) is 15.8. The number of fused-ring (bicyclic) bond motifs is 2. The quantitative estimate of drug-likeness (QED) is 0.297. The molecule has 0 unspecified atom stereocenters. The fraction of sp³-hybridized carbons (Fsp3) is 0.0400. The van der Waals surface area contributed by atoms with Crippen LogP contribution in [0.2, 0.25) is 0 Å². The van der Waals surface area contributed by atoms with Crippen LogP contribution < -0.4 is 15.4 Å². The molecule has 2 N–H and O–H groups in total. The smallest absolute Gasteiger partial charge is 0.187 e. The van der Waals surface area contributed by atoms with Crippen LogP contribution in [0.5, 0.6) is 11.5 Å². The number of pyridine rings is 1. The zero-order valence-electron chi connectivity index (χ0n) is 18.1. The summed E-state index contributed by atoms with van der Waals surface area (Å²) in [5.41, 5.74) is 4.53. The first-order valence-electron chi connectivity index (χ1n) is 10.6. The van der Waals surface area contributed by atoms with E-state index < -0.39 is 0 Å². The van der Waals surface area contributed by atoms with E-state index in [2.05, 4.69) is 30.6 Å². The molecule has 4 heterocycles. The maximum Gasteiger partial charge on any atom is 0.187 e. The number of anilines is 4. The molecule has 8 nitrogen and oxygen atoms in total. The maximum atomic E-state index is 6.11. The highest BCUT2D eigenvalue weighted by atomic mass is 32.1. The SMILES string of the molecule is Cc1cc(Nc2ncnc3ccc(Nc4nccs4)cc23)ccc1Oc1ccn2ccnc2c1. The van der Waals surface area contributed by atoms with Crippen molar-refractivity contribution in [3.8, 4) is 11.5 Å². The Morgan fingerprint density at radius 1 is 0.853 bits per heavy atom. The molecule has 0 saturated heterocycles. The summed E-state index contributed by atoms with van der Waals surface area (Å²) in [6.07, 6.45) is 8.94. The third kappa shape index (κ3) is 4.00. The number of hydrogen-bond donors (Lipinski definition) is 2. The summed E-state index contributed by atoms with van der Waals surface area (Å²) in [7, 11) is 0. The number of nitrogens with zero attached hydrogens (tertiary/aromatic N) is 5. The van der Waals surface area contributed by atoms with Gasteiger partial charge in [-0.3, -0.25) is 0 Å². The van der Waals surface area contributed by atoms with Gasteiger partial charge >= 0.3 is 0 Å². The van der Waals surface area contributed by atoms with Crippen LogP contribution in [-0.4, -0.2) is 24.3 Å². The Bertz CT molecular complexity index is 1610. The summed E-state index contributed by atoms with van der Waals surface area (Å²) in [5, 5.41) is 10.4. The third-order valence-corrected chi connectivity index (χ3v) is 6.04. The average Bonchev–Trinajstić information content (AvgIpc) is 3.53. The molecule has 2 aromatic carbocycles. The molecule has 0 radical (unpaired) electrons. The molecule has 0 aliphatic heterocycles. The molecule has 6 rings (SSSR count). The second-order valence-electron chi connectivity index (χ2n) is 7.68. The molecular weight excluding hydrogens is 446 g/mol. The number of aromatic nitrogens is 5. The number of thiazole rings is 1. The van der Waals surface area contributed by atoms with Gasteiger partial charge in [-0.1, -0.05) is 0 Å². The van der Waals surface area contributed by atoms with Crippen molar-refractivity contribution in [1.29, 1.82) is 0 Å². The van der Waals surface area contributed by atoms with Gasteiger partial charge in [-0.05, 0) is 55.0 Å². The van der Waals surface area contributed by atoms with Gasteiger partial charge < -0.3 is 19.8 Å². The molecule has 0 aliphatic carbocycles. The van der Waals surface area contributed by atoms with Gasteiger partial charge in [0.1, 0.15) is 29.3 Å². The number of nitrogens with one attached hydrogen (secondary N) is 2. The summed E-state index contributed by atoms with van der Waals surface area (Å²) in [4.78, 5) is 17.5. The summed E-state index contributed by atoms with van der Waals surface area (Å²) < 4.78 is 8.05. The van der Waals surface area contributed by atoms with E-state index >= 15 is 0 Å². The summed E-state index contributed by atoms with van der Waals surface area (Å²) >= 11 is 1.55. The van der Waals surface area contributed by atoms with Gasteiger partial charge in [0.2, 0.25) is 0 Å². The monoisotopic (exact) mass is 465 g/mol. The molecule has 6 aromatic rings. The van der Waals surface area contributed by atoms with Gasteiger partial charge in [-0.2, -0.15) is 0 Å². The third-order valence-electron chi connectivity index (χ3n) is 5.35. The number of imidazole rings is 1. The Kier molecular flexibility index (Phi) is 5.00. The van der Waals surface area contributed by atoms with Crippen LogP contribution in [0, 0.1) is 6.92 Å². The van der Waals surface area contributed by atoms with E-state index in [1.54, 1.807) is 30.1 Å². The maximum absolute atomic E-state index is 6.11. The van der Waals surface area contributed by atoms with E-state index in [0.29, 0.717) is 0 Å². The van der Waals surface area contributed by atoms with Gasteiger partial charge in [-0.15, -0.1) is 11.3 Å². The van der Waals surface area contributed by atoms with Crippen molar-refractivity contribution in [2.24, 2.45) is 0 Å². The highest BCUT2D eigenvalue weighted by molar-refractivity contribution is 7.13. The van der Waals surface area contributed by atoms with Gasteiger partial charge in [0.15, 0.2) is 5.13 Å². The molecule has 4 aromatic heterocycles. The number of ether oxygens (including phenoxy) is 1. The molecule has 0 saturated carbocycles. The molecule has 166 valence electrons. The second-order valence-corrected chi connectivity index (χ2v) is 8.57. The van der Waals surface area contributed by atoms with E-state index in [-0.39, 0.29) is 0 Å². The number of aryl methyl sites for hydroxylation is 1. The largest absolute Gasteiger partial charge is 0.457 e. The van der Waals surface area contributed by atoms with Crippen LogP contribution >= 0.6 is 11.3 Å². The Morgan fingerprint density at radius 2 is 1.76 bits per heavy atom. The molecule has 0 fully saturated rings. The normalized spacial score (nSPS) is 11.1. The van der Waals surface area contributed by atoms with E-state index in [1.807, 2.05) is 77.6 Å². The lowest BCUT2D eigenvalue weighted by Gasteiger charge is -2.13. The first kappa shape index (κ1) is 20.1. The van der Waals surface area contributed by atoms with E-state index in [4.69, 9.17) is 4.74 Å². The fourth-order valence-corrected chi connectivity index (χ4v) is 4.25. The van der Waals surface area contributed by atoms with Crippen molar-refractivity contribution < 1.29 is 4.74 Å². The molecule has 0 bridgehead atoms. The van der Waals surface area contributed by atoms with Crippen LogP contribution in [0.4, 0.5) is 22.3 Å². The second kappa shape index (κ2) is 8.45. The lowest BCUT2D eigenvalue weighted by atomic mass is 10.1. The number of hydrogen-bond acceptors (Lipinski definition) is 8. The minimum Gasteiger partial charge on any atom is -0.457 e. The minimum atomic E-state index is 0.727. The van der Waals surface area contributed by atoms with Crippen LogP contribution in [0.1, 0.15) is 5.56 Å². The van der Waals surface area contributed by atoms with Crippen molar-refractivity contribution in [1.82, 2.24) is 24.3 Å². The van der Waals surface area contributed by atoms with Crippen molar-refractivity contribution in [2.75, 3.05) is 10.6 Å². The molecule has 0 atom stereocenters. The zero-order chi connectivity index (χ0) is 22.9. The number of rotatable bonds is 6. The Balaban J connectivity index is 1.25. The predicted molar refractivity (Wildman–Crippen MR) is 135 cm³/mol. The average molecular weight is 466 g/mol. The van der Waals surface area contributed by atoms with Crippen LogP contribution in [0.3, 0.4) is 0 Å². The molecule has 0 amide bonds. The van der Waals surface area contributed by atoms with Crippen molar-refractivity contribution in [3.05, 3.63) is 90.6 Å². The summed E-state index contributed by atoms with van der Waals surface area (Å²) in [5.74, 6) is 2.25. The lowest BCUT2D eigenvalue weighted by Crippen LogP contribution is -1.98. The topological polar surface area (TPSA) is 89.3 Å². The molecule has 0 spiro atoms. The number of benzene rings is 2. The van der Waals surface area contributed by atoms with Crippen molar-refractivity contribution >= 4 is 50.2 Å². The lowest BCUT2D eigenvalue weighted by molar-refractivity contribution is 0.478. The van der Waals surface area contributed by atoms with Crippen LogP contribution in [0.15, 0.2) is 85.0 Å².